The number of benzene rings is 1. The molecular weight excluding hydrogens is 462 g/mol. The smallest absolute Gasteiger partial charge is 0.316 e. The molecular formula is C25H27N7O4. The van der Waals surface area contributed by atoms with Gasteiger partial charge in [0.25, 0.3) is 5.95 Å². The fourth-order valence-corrected chi connectivity index (χ4v) is 4.86. The first-order chi connectivity index (χ1) is 17.7. The van der Waals surface area contributed by atoms with Gasteiger partial charge in [-0.25, -0.2) is 9.67 Å². The van der Waals surface area contributed by atoms with Crippen LogP contribution in [0.1, 0.15) is 25.1 Å². The van der Waals surface area contributed by atoms with Gasteiger partial charge in [-0.15, -0.1) is 5.10 Å². The molecule has 1 fully saturated rings. The maximum absolute atomic E-state index is 12.6. The van der Waals surface area contributed by atoms with Crippen molar-refractivity contribution in [2.75, 3.05) is 44.9 Å². The number of aryl methyl sites for hydroxylation is 1. The first kappa shape index (κ1) is 22.5. The molecule has 1 unspecified atom stereocenters. The number of fused-ring (bicyclic) bond motifs is 3. The van der Waals surface area contributed by atoms with Gasteiger partial charge < -0.3 is 23.7 Å². The van der Waals surface area contributed by atoms with Crippen LogP contribution in [0.25, 0.3) is 28.2 Å². The van der Waals surface area contributed by atoms with E-state index in [0.717, 1.165) is 11.1 Å². The summed E-state index contributed by atoms with van der Waals surface area (Å²) in [6.07, 6.45) is 2.51. The number of rotatable bonds is 6. The molecule has 0 bridgehead atoms. The van der Waals surface area contributed by atoms with Crippen molar-refractivity contribution in [1.29, 1.82) is 0 Å². The molecule has 2 aliphatic rings. The van der Waals surface area contributed by atoms with E-state index in [-0.39, 0.29) is 5.97 Å². The highest BCUT2D eigenvalue weighted by Gasteiger charge is 2.35. The second kappa shape index (κ2) is 9.23. The van der Waals surface area contributed by atoms with Crippen LogP contribution in [-0.4, -0.2) is 75.3 Å². The van der Waals surface area contributed by atoms with Crippen LogP contribution in [0.3, 0.4) is 0 Å². The topological polar surface area (TPSA) is 109 Å². The van der Waals surface area contributed by atoms with E-state index in [9.17, 15) is 4.79 Å². The van der Waals surface area contributed by atoms with E-state index in [1.54, 1.807) is 11.8 Å². The third-order valence-corrected chi connectivity index (χ3v) is 6.59. The van der Waals surface area contributed by atoms with Crippen LogP contribution in [0.5, 0.6) is 5.88 Å². The van der Waals surface area contributed by atoms with Crippen molar-refractivity contribution < 1.29 is 19.0 Å². The minimum atomic E-state index is -0.408. The molecule has 36 heavy (non-hydrogen) atoms. The van der Waals surface area contributed by atoms with Gasteiger partial charge >= 0.3 is 5.97 Å². The van der Waals surface area contributed by atoms with Crippen LogP contribution < -0.4 is 9.64 Å². The summed E-state index contributed by atoms with van der Waals surface area (Å²) in [7, 11) is 1.60. The van der Waals surface area contributed by atoms with Crippen LogP contribution >= 0.6 is 0 Å². The molecule has 1 atom stereocenters. The number of morpholine rings is 1. The Morgan fingerprint density at radius 1 is 1.11 bits per heavy atom. The van der Waals surface area contributed by atoms with Crippen molar-refractivity contribution in [3.8, 4) is 23.0 Å². The summed E-state index contributed by atoms with van der Waals surface area (Å²) in [4.78, 5) is 29.4. The Morgan fingerprint density at radius 2 is 1.92 bits per heavy atom. The molecule has 0 aliphatic carbocycles. The molecule has 5 heterocycles. The number of hydrogen-bond donors (Lipinski definition) is 0. The lowest BCUT2D eigenvalue weighted by atomic mass is 10.1. The summed E-state index contributed by atoms with van der Waals surface area (Å²) < 4.78 is 20.1. The Labute approximate surface area is 207 Å². The third-order valence-electron chi connectivity index (χ3n) is 6.59. The Hall–Kier alpha value is -3.99. The van der Waals surface area contributed by atoms with Crippen LogP contribution in [0.2, 0.25) is 0 Å². The van der Waals surface area contributed by atoms with E-state index in [4.69, 9.17) is 29.2 Å². The summed E-state index contributed by atoms with van der Waals surface area (Å²) in [5, 5.41) is 4.64. The summed E-state index contributed by atoms with van der Waals surface area (Å²) in [5.74, 6) is 1.61. The normalized spacial score (nSPS) is 17.4. The summed E-state index contributed by atoms with van der Waals surface area (Å²) in [6.45, 7) is 5.36. The van der Waals surface area contributed by atoms with Crippen molar-refractivity contribution in [2.45, 2.75) is 25.8 Å². The number of hydrogen-bond acceptors (Lipinski definition) is 9. The number of methoxy groups -OCH3 is 1. The fraction of sp³-hybridized carbons (Fsp3) is 0.400. The standard InChI is InChI=1S/C25H27N7O4/c1-3-36-24(33)17-9-10-31-20(17)26-19-21(30-11-13-35-14-12-30)27-25(28-22(19)31)32-15-18(23(29-32)34-2)16-7-5-4-6-8-16/h4-8,15,17H,3,9-14H2,1-2H3. The van der Waals surface area contributed by atoms with E-state index in [2.05, 4.69) is 10.00 Å². The second-order valence-electron chi connectivity index (χ2n) is 8.70. The van der Waals surface area contributed by atoms with Gasteiger partial charge in [-0.3, -0.25) is 4.79 Å². The lowest BCUT2D eigenvalue weighted by Crippen LogP contribution is -2.37. The van der Waals surface area contributed by atoms with Crippen molar-refractivity contribution in [1.82, 2.24) is 29.3 Å². The molecule has 0 radical (unpaired) electrons. The number of esters is 1. The van der Waals surface area contributed by atoms with E-state index in [1.165, 1.54) is 0 Å². The Bertz CT molecular complexity index is 1410. The highest BCUT2D eigenvalue weighted by molar-refractivity contribution is 5.87. The average molecular weight is 490 g/mol. The predicted octanol–water partition coefficient (Wildman–Crippen LogP) is 2.57. The number of anilines is 1. The minimum absolute atomic E-state index is 0.253. The number of carbonyl (C=O) groups excluding carboxylic acids is 1. The van der Waals surface area contributed by atoms with Crippen molar-refractivity contribution in [3.05, 3.63) is 42.4 Å². The molecule has 0 spiro atoms. The van der Waals surface area contributed by atoms with E-state index < -0.39 is 5.92 Å². The largest absolute Gasteiger partial charge is 0.479 e. The van der Waals surface area contributed by atoms with Crippen LogP contribution in [-0.2, 0) is 20.8 Å². The van der Waals surface area contributed by atoms with E-state index in [1.807, 2.05) is 48.0 Å². The van der Waals surface area contributed by atoms with Crippen LogP contribution in [0.15, 0.2) is 36.5 Å². The minimum Gasteiger partial charge on any atom is -0.479 e. The molecule has 4 aromatic rings. The zero-order valence-electron chi connectivity index (χ0n) is 20.3. The molecule has 11 heteroatoms. The average Bonchev–Trinajstić information content (AvgIpc) is 3.63. The van der Waals surface area contributed by atoms with E-state index in [0.29, 0.717) is 80.5 Å². The SMILES string of the molecule is CCOC(=O)C1CCn2c1nc1c(N3CCOCC3)nc(-n3cc(-c4ccccc4)c(OC)n3)nc12. The third kappa shape index (κ3) is 3.76. The number of aromatic nitrogens is 6. The molecule has 0 saturated carbocycles. The zero-order valence-corrected chi connectivity index (χ0v) is 20.3. The van der Waals surface area contributed by atoms with Gasteiger partial charge in [0.15, 0.2) is 17.0 Å². The molecule has 3 aromatic heterocycles. The summed E-state index contributed by atoms with van der Waals surface area (Å²) in [6, 6.07) is 9.93. The number of nitrogens with zero attached hydrogens (tertiary/aromatic N) is 7. The van der Waals surface area contributed by atoms with Crippen molar-refractivity contribution in [2.24, 2.45) is 0 Å². The lowest BCUT2D eigenvalue weighted by molar-refractivity contribution is -0.145. The molecule has 1 aromatic carbocycles. The second-order valence-corrected chi connectivity index (χ2v) is 8.70. The number of imidazole rings is 1. The maximum atomic E-state index is 12.6. The van der Waals surface area contributed by atoms with Gasteiger partial charge in [0, 0.05) is 25.8 Å². The Kier molecular flexibility index (Phi) is 5.76. The van der Waals surface area contributed by atoms with Gasteiger partial charge in [0.05, 0.1) is 32.5 Å². The first-order valence-electron chi connectivity index (χ1n) is 12.1. The number of carbonyl (C=O) groups is 1. The van der Waals surface area contributed by atoms with Gasteiger partial charge in [0.1, 0.15) is 11.7 Å². The van der Waals surface area contributed by atoms with Gasteiger partial charge in [-0.1, -0.05) is 30.3 Å². The summed E-state index contributed by atoms with van der Waals surface area (Å²) >= 11 is 0. The zero-order chi connectivity index (χ0) is 24.6. The Morgan fingerprint density at radius 3 is 2.67 bits per heavy atom. The van der Waals surface area contributed by atoms with Crippen LogP contribution in [0.4, 0.5) is 5.82 Å². The molecule has 6 rings (SSSR count). The quantitative estimate of drug-likeness (QED) is 0.378. The van der Waals surface area contributed by atoms with Crippen molar-refractivity contribution >= 4 is 23.0 Å². The van der Waals surface area contributed by atoms with E-state index >= 15 is 0 Å². The predicted molar refractivity (Wildman–Crippen MR) is 131 cm³/mol. The molecule has 1 saturated heterocycles. The maximum Gasteiger partial charge on any atom is 0.316 e. The lowest BCUT2D eigenvalue weighted by Gasteiger charge is -2.28. The number of ether oxygens (including phenoxy) is 3. The molecule has 2 aliphatic heterocycles. The Balaban J connectivity index is 1.50. The fourth-order valence-electron chi connectivity index (χ4n) is 4.86. The molecule has 0 amide bonds. The highest BCUT2D eigenvalue weighted by atomic mass is 16.5. The van der Waals surface area contributed by atoms with Crippen LogP contribution in [0, 0.1) is 0 Å². The molecule has 0 N–H and O–H groups in total. The molecule has 186 valence electrons. The van der Waals surface area contributed by atoms with Gasteiger partial charge in [-0.2, -0.15) is 9.97 Å². The van der Waals surface area contributed by atoms with Crippen molar-refractivity contribution in [3.63, 3.8) is 0 Å². The highest BCUT2D eigenvalue weighted by Crippen LogP contribution is 2.36. The summed E-state index contributed by atoms with van der Waals surface area (Å²) in [5.41, 5.74) is 3.18. The van der Waals surface area contributed by atoms with Gasteiger partial charge in [-0.05, 0) is 18.9 Å². The first-order valence-corrected chi connectivity index (χ1v) is 12.1. The molecule has 11 nitrogen and oxygen atoms in total. The monoisotopic (exact) mass is 489 g/mol. The van der Waals surface area contributed by atoms with Gasteiger partial charge in [0.2, 0.25) is 5.88 Å².